The molecule has 0 fully saturated rings. The van der Waals surface area contributed by atoms with E-state index in [1.165, 1.54) is 11.9 Å². The van der Waals surface area contributed by atoms with Crippen molar-refractivity contribution in [2.75, 3.05) is 0 Å². The van der Waals surface area contributed by atoms with Gasteiger partial charge < -0.3 is 8.83 Å². The van der Waals surface area contributed by atoms with Gasteiger partial charge in [-0.2, -0.15) is 4.98 Å². The molecule has 0 aliphatic carbocycles. The van der Waals surface area contributed by atoms with Crippen LogP contribution < -0.4 is 0 Å². The maximum Gasteiger partial charge on any atom is 0.248 e. The zero-order valence-electron chi connectivity index (χ0n) is 26.3. The smallest absolute Gasteiger partial charge is 0.248 e. The van der Waals surface area contributed by atoms with Gasteiger partial charge in [-0.3, -0.25) is 4.98 Å². The molecule has 11 rings (SSSR count). The molecular weight excluding hydrogens is 619 g/mol. The first-order valence-electron chi connectivity index (χ1n) is 16.4. The first-order chi connectivity index (χ1) is 24.8. The SMILES string of the molecule is c1ccc2c(c1)oc1ccc(-c3ccc(-c4c5ccccc5c(-c5cc6c(cn5)oc5nc7ncncc7nc56)c5ccccc45)cc3)cc12. The standard InChI is InChI=1S/C43H23N5O2/c1-3-10-30-28(8-1)39(25-15-13-24(14-16-25)26-17-18-37-32(19-26)27-7-5-6-12-36(27)49-37)29-9-2-4-11-31(29)40(30)34-20-33-38(22-45-34)50-43-41(33)47-35-21-44-23-46-42(35)48-43/h1-23H. The summed E-state index contributed by atoms with van der Waals surface area (Å²) < 4.78 is 12.2. The predicted molar refractivity (Wildman–Crippen MR) is 199 cm³/mol. The Labute approximate surface area is 283 Å². The number of nitrogens with zero attached hydrogens (tertiary/aromatic N) is 5. The Hall–Kier alpha value is -6.99. The minimum atomic E-state index is 0.427. The summed E-state index contributed by atoms with van der Waals surface area (Å²) in [6, 6.07) is 42.7. The van der Waals surface area contributed by atoms with E-state index in [2.05, 4.69) is 124 Å². The number of rotatable bonds is 3. The van der Waals surface area contributed by atoms with Crippen molar-refractivity contribution in [1.29, 1.82) is 0 Å². The van der Waals surface area contributed by atoms with Crippen LogP contribution in [0.4, 0.5) is 0 Å². The van der Waals surface area contributed by atoms with E-state index in [0.717, 1.165) is 76.8 Å². The molecule has 11 aromatic rings. The average Bonchev–Trinajstić information content (AvgIpc) is 3.73. The highest BCUT2D eigenvalue weighted by atomic mass is 16.3. The lowest BCUT2D eigenvalue weighted by atomic mass is 9.86. The molecule has 0 spiro atoms. The molecule has 0 amide bonds. The van der Waals surface area contributed by atoms with Gasteiger partial charge in [0.25, 0.3) is 0 Å². The van der Waals surface area contributed by atoms with Gasteiger partial charge >= 0.3 is 0 Å². The van der Waals surface area contributed by atoms with Gasteiger partial charge in [-0.25, -0.2) is 15.0 Å². The van der Waals surface area contributed by atoms with E-state index < -0.39 is 0 Å². The fourth-order valence-corrected chi connectivity index (χ4v) is 7.45. The van der Waals surface area contributed by atoms with Crippen LogP contribution in [0.2, 0.25) is 0 Å². The zero-order chi connectivity index (χ0) is 32.8. The summed E-state index contributed by atoms with van der Waals surface area (Å²) in [6.45, 7) is 0. The number of pyridine rings is 1. The van der Waals surface area contributed by atoms with Crippen molar-refractivity contribution >= 4 is 76.8 Å². The Balaban J connectivity index is 1.09. The van der Waals surface area contributed by atoms with E-state index in [1.54, 1.807) is 12.4 Å². The number of fused-ring (bicyclic) bond motifs is 9. The molecule has 0 unspecified atom stereocenters. The summed E-state index contributed by atoms with van der Waals surface area (Å²) in [7, 11) is 0. The van der Waals surface area contributed by atoms with E-state index >= 15 is 0 Å². The van der Waals surface area contributed by atoms with Crippen LogP contribution in [0.5, 0.6) is 0 Å². The van der Waals surface area contributed by atoms with E-state index in [4.69, 9.17) is 18.8 Å². The first kappa shape index (κ1) is 27.0. The second kappa shape index (κ2) is 10.3. The van der Waals surface area contributed by atoms with Crippen molar-refractivity contribution in [3.05, 3.63) is 140 Å². The van der Waals surface area contributed by atoms with Crippen LogP contribution in [-0.4, -0.2) is 24.9 Å². The molecule has 5 aromatic heterocycles. The highest BCUT2D eigenvalue weighted by Crippen LogP contribution is 2.44. The van der Waals surface area contributed by atoms with Crippen molar-refractivity contribution in [3.8, 4) is 33.5 Å². The van der Waals surface area contributed by atoms with Gasteiger partial charge in [0, 0.05) is 16.3 Å². The second-order valence-electron chi connectivity index (χ2n) is 12.5. The maximum atomic E-state index is 6.08. The lowest BCUT2D eigenvalue weighted by molar-refractivity contribution is 0.653. The Morgan fingerprint density at radius 2 is 1.10 bits per heavy atom. The van der Waals surface area contributed by atoms with Crippen LogP contribution in [0.1, 0.15) is 0 Å². The molecule has 0 radical (unpaired) electrons. The molecule has 50 heavy (non-hydrogen) atoms. The maximum absolute atomic E-state index is 6.08. The van der Waals surface area contributed by atoms with Crippen LogP contribution >= 0.6 is 0 Å². The predicted octanol–water partition coefficient (Wildman–Crippen LogP) is 10.9. The molecule has 0 saturated carbocycles. The van der Waals surface area contributed by atoms with Gasteiger partial charge in [0.2, 0.25) is 5.71 Å². The van der Waals surface area contributed by atoms with Crippen molar-refractivity contribution in [1.82, 2.24) is 24.9 Å². The third-order valence-electron chi connectivity index (χ3n) is 9.72. The zero-order valence-corrected chi connectivity index (χ0v) is 26.3. The molecule has 0 aliphatic heterocycles. The first-order valence-corrected chi connectivity index (χ1v) is 16.4. The molecular formula is C43H23N5O2. The van der Waals surface area contributed by atoms with Gasteiger partial charge in [0.15, 0.2) is 11.2 Å². The molecule has 0 bridgehead atoms. The summed E-state index contributed by atoms with van der Waals surface area (Å²) in [5, 5.41) is 7.64. The molecule has 7 nitrogen and oxygen atoms in total. The Kier molecular flexibility index (Phi) is 5.54. The monoisotopic (exact) mass is 641 g/mol. The topological polar surface area (TPSA) is 90.7 Å². The molecule has 232 valence electrons. The third kappa shape index (κ3) is 3.94. The van der Waals surface area contributed by atoms with Crippen LogP contribution in [0, 0.1) is 0 Å². The summed E-state index contributed by atoms with van der Waals surface area (Å²) in [4.78, 5) is 22.7. The highest BCUT2D eigenvalue weighted by Gasteiger charge is 2.20. The lowest BCUT2D eigenvalue weighted by Crippen LogP contribution is -1.92. The summed E-state index contributed by atoms with van der Waals surface area (Å²) in [5.41, 5.74) is 11.2. The van der Waals surface area contributed by atoms with Crippen LogP contribution in [-0.2, 0) is 0 Å². The minimum absolute atomic E-state index is 0.427. The van der Waals surface area contributed by atoms with E-state index in [-0.39, 0.29) is 0 Å². The number of aromatic nitrogens is 5. The van der Waals surface area contributed by atoms with Gasteiger partial charge in [-0.1, -0.05) is 97.1 Å². The van der Waals surface area contributed by atoms with Crippen molar-refractivity contribution in [2.24, 2.45) is 0 Å². The Bertz CT molecular complexity index is 3100. The average molecular weight is 642 g/mol. The van der Waals surface area contributed by atoms with Crippen molar-refractivity contribution in [3.63, 3.8) is 0 Å². The van der Waals surface area contributed by atoms with Gasteiger partial charge in [0.05, 0.1) is 23.5 Å². The summed E-state index contributed by atoms with van der Waals surface area (Å²) in [5.74, 6) is 0. The van der Waals surface area contributed by atoms with Crippen molar-refractivity contribution < 1.29 is 8.83 Å². The molecule has 0 saturated heterocycles. The molecule has 6 aromatic carbocycles. The van der Waals surface area contributed by atoms with Gasteiger partial charge in [0.1, 0.15) is 28.5 Å². The van der Waals surface area contributed by atoms with Crippen LogP contribution in [0.3, 0.4) is 0 Å². The highest BCUT2D eigenvalue weighted by molar-refractivity contribution is 6.21. The van der Waals surface area contributed by atoms with Crippen LogP contribution in [0.25, 0.3) is 110 Å². The largest absolute Gasteiger partial charge is 0.456 e. The molecule has 0 N–H and O–H groups in total. The van der Waals surface area contributed by atoms with E-state index in [1.807, 2.05) is 12.1 Å². The van der Waals surface area contributed by atoms with Gasteiger partial charge in [-0.05, 0) is 68.1 Å². The lowest BCUT2D eigenvalue weighted by Gasteiger charge is -2.17. The van der Waals surface area contributed by atoms with E-state index in [0.29, 0.717) is 28.0 Å². The fourth-order valence-electron chi connectivity index (χ4n) is 7.45. The quantitative estimate of drug-likeness (QED) is 0.177. The number of furan rings is 2. The summed E-state index contributed by atoms with van der Waals surface area (Å²) in [6.07, 6.45) is 4.90. The molecule has 5 heterocycles. The Morgan fingerprint density at radius 3 is 1.88 bits per heavy atom. The Morgan fingerprint density at radius 1 is 0.440 bits per heavy atom. The van der Waals surface area contributed by atoms with Crippen molar-refractivity contribution in [2.45, 2.75) is 0 Å². The van der Waals surface area contributed by atoms with Gasteiger partial charge in [-0.15, -0.1) is 0 Å². The number of hydrogen-bond donors (Lipinski definition) is 0. The second-order valence-corrected chi connectivity index (χ2v) is 12.5. The normalized spacial score (nSPS) is 12.0. The van der Waals surface area contributed by atoms with Crippen LogP contribution in [0.15, 0.2) is 149 Å². The third-order valence-corrected chi connectivity index (χ3v) is 9.72. The minimum Gasteiger partial charge on any atom is -0.456 e. The molecule has 7 heteroatoms. The fraction of sp³-hybridized carbons (Fsp3) is 0. The summed E-state index contributed by atoms with van der Waals surface area (Å²) >= 11 is 0. The molecule has 0 aliphatic rings. The van der Waals surface area contributed by atoms with E-state index in [9.17, 15) is 0 Å². The number of hydrogen-bond acceptors (Lipinski definition) is 7. The molecule has 0 atom stereocenters. The number of para-hydroxylation sites is 1. The number of benzene rings is 6.